The number of likely N-dealkylation sites (tertiary alicyclic amines) is 1. The molecule has 2 heterocycles. The minimum Gasteiger partial charge on any atom is -0.481 e. The maximum atomic E-state index is 10.9. The fourth-order valence-corrected chi connectivity index (χ4v) is 2.31. The Hall–Kier alpha value is -1.43. The van der Waals surface area contributed by atoms with Gasteiger partial charge in [-0.25, -0.2) is 0 Å². The van der Waals surface area contributed by atoms with Crippen LogP contribution in [0, 0.1) is 5.92 Å². The number of carboxylic acid groups (broad SMARTS) is 1. The number of carboxylic acids is 1. The molecule has 1 saturated heterocycles. The lowest BCUT2D eigenvalue weighted by Crippen LogP contribution is -2.42. The highest BCUT2D eigenvalue weighted by Gasteiger charge is 2.30. The van der Waals surface area contributed by atoms with E-state index in [4.69, 9.17) is 5.11 Å². The molecule has 2 rings (SSSR count). The quantitative estimate of drug-likeness (QED) is 0.830. The van der Waals surface area contributed by atoms with Gasteiger partial charge in [0.25, 0.3) is 0 Å². The summed E-state index contributed by atoms with van der Waals surface area (Å²) in [6, 6.07) is 0.279. The molecule has 0 bridgehead atoms. The summed E-state index contributed by atoms with van der Waals surface area (Å²) >= 11 is 0. The normalized spacial score (nSPS) is 26.0. The van der Waals surface area contributed by atoms with Gasteiger partial charge in [0.15, 0.2) is 0 Å². The van der Waals surface area contributed by atoms with Crippen LogP contribution in [0.2, 0.25) is 0 Å². The van der Waals surface area contributed by atoms with Crippen molar-refractivity contribution in [2.75, 3.05) is 6.54 Å². The molecule has 1 aromatic rings. The van der Waals surface area contributed by atoms with Gasteiger partial charge in [-0.1, -0.05) is 0 Å². The summed E-state index contributed by atoms with van der Waals surface area (Å²) in [7, 11) is 1.92. The van der Waals surface area contributed by atoms with Crippen LogP contribution >= 0.6 is 0 Å². The number of carbonyl (C=O) groups is 1. The van der Waals surface area contributed by atoms with Gasteiger partial charge in [0, 0.05) is 13.1 Å². The first kappa shape index (κ1) is 12.0. The lowest BCUT2D eigenvalue weighted by molar-refractivity contribution is -0.144. The number of rotatable bonds is 3. The third-order valence-electron chi connectivity index (χ3n) is 3.51. The van der Waals surface area contributed by atoms with Crippen LogP contribution in [-0.2, 0) is 18.4 Å². The molecule has 2 atom stereocenters. The van der Waals surface area contributed by atoms with Crippen LogP contribution in [0.1, 0.15) is 25.6 Å². The van der Waals surface area contributed by atoms with Crippen LogP contribution in [0.4, 0.5) is 0 Å². The summed E-state index contributed by atoms with van der Waals surface area (Å²) in [6.07, 6.45) is 3.12. The zero-order valence-corrected chi connectivity index (χ0v) is 10.2. The highest BCUT2D eigenvalue weighted by atomic mass is 16.4. The highest BCUT2D eigenvalue weighted by molar-refractivity contribution is 5.70. The Morgan fingerprint density at radius 2 is 2.41 bits per heavy atom. The molecule has 1 aromatic heterocycles. The van der Waals surface area contributed by atoms with E-state index < -0.39 is 5.97 Å². The van der Waals surface area contributed by atoms with E-state index in [1.807, 2.05) is 11.6 Å². The summed E-state index contributed by atoms with van der Waals surface area (Å²) in [5.74, 6) is 0.0570. The predicted octanol–water partition coefficient (Wildman–Crippen LogP) is 0.500. The summed E-state index contributed by atoms with van der Waals surface area (Å²) in [5, 5.41) is 16.9. The van der Waals surface area contributed by atoms with Crippen molar-refractivity contribution in [2.45, 2.75) is 32.4 Å². The summed E-state index contributed by atoms with van der Waals surface area (Å²) in [5.41, 5.74) is 0. The first-order chi connectivity index (χ1) is 8.08. The van der Waals surface area contributed by atoms with Crippen LogP contribution in [0.5, 0.6) is 0 Å². The molecule has 0 amide bonds. The van der Waals surface area contributed by atoms with Gasteiger partial charge >= 0.3 is 5.97 Å². The van der Waals surface area contributed by atoms with E-state index in [1.54, 1.807) is 6.33 Å². The van der Waals surface area contributed by atoms with Crippen LogP contribution < -0.4 is 0 Å². The van der Waals surface area contributed by atoms with Crippen LogP contribution in [0.15, 0.2) is 6.33 Å². The molecule has 6 nitrogen and oxygen atoms in total. The van der Waals surface area contributed by atoms with Gasteiger partial charge in [-0.05, 0) is 26.3 Å². The average Bonchev–Trinajstić information content (AvgIpc) is 2.67. The van der Waals surface area contributed by atoms with Crippen molar-refractivity contribution in [3.63, 3.8) is 0 Å². The van der Waals surface area contributed by atoms with Crippen molar-refractivity contribution in [3.8, 4) is 0 Å². The zero-order valence-electron chi connectivity index (χ0n) is 10.2. The Balaban J connectivity index is 1.96. The molecule has 1 aliphatic rings. The Labute approximate surface area is 100 Å². The lowest BCUT2D eigenvalue weighted by Gasteiger charge is -2.35. The summed E-state index contributed by atoms with van der Waals surface area (Å²) in [6.45, 7) is 3.63. The molecule has 0 saturated carbocycles. The van der Waals surface area contributed by atoms with Gasteiger partial charge in [0.2, 0.25) is 0 Å². The van der Waals surface area contributed by atoms with E-state index in [-0.39, 0.29) is 12.0 Å². The standard InChI is InChI=1S/C11H18N4O2/c1-8-5-9(11(16)17)3-4-15(8)6-10-13-12-7-14(10)2/h7-9H,3-6H2,1-2H3,(H,16,17). The van der Waals surface area contributed by atoms with E-state index in [0.29, 0.717) is 6.42 Å². The predicted molar refractivity (Wildman–Crippen MR) is 61.2 cm³/mol. The van der Waals surface area contributed by atoms with Crippen LogP contribution in [-0.4, -0.2) is 43.3 Å². The van der Waals surface area contributed by atoms with Crippen LogP contribution in [0.25, 0.3) is 0 Å². The van der Waals surface area contributed by atoms with Crippen molar-refractivity contribution in [2.24, 2.45) is 13.0 Å². The molecule has 2 unspecified atom stereocenters. The van der Waals surface area contributed by atoms with Crippen molar-refractivity contribution < 1.29 is 9.90 Å². The number of piperidine rings is 1. The number of hydrogen-bond donors (Lipinski definition) is 1. The highest BCUT2D eigenvalue weighted by Crippen LogP contribution is 2.23. The monoisotopic (exact) mass is 238 g/mol. The van der Waals surface area contributed by atoms with Crippen molar-refractivity contribution >= 4 is 5.97 Å². The molecule has 0 aliphatic carbocycles. The third-order valence-corrected chi connectivity index (χ3v) is 3.51. The Morgan fingerprint density at radius 1 is 1.65 bits per heavy atom. The Kier molecular flexibility index (Phi) is 3.42. The topological polar surface area (TPSA) is 71.2 Å². The van der Waals surface area contributed by atoms with Gasteiger partial charge in [-0.15, -0.1) is 10.2 Å². The maximum Gasteiger partial charge on any atom is 0.306 e. The smallest absolute Gasteiger partial charge is 0.306 e. The number of nitrogens with zero attached hydrogens (tertiary/aromatic N) is 4. The first-order valence-electron chi connectivity index (χ1n) is 5.87. The SMILES string of the molecule is CC1CC(C(=O)O)CCN1Cc1nncn1C. The third kappa shape index (κ3) is 2.63. The number of aromatic nitrogens is 3. The summed E-state index contributed by atoms with van der Waals surface area (Å²) in [4.78, 5) is 13.2. The minimum absolute atomic E-state index is 0.194. The molecule has 94 valence electrons. The molecule has 1 fully saturated rings. The van der Waals surface area contributed by atoms with Gasteiger partial charge in [-0.3, -0.25) is 9.69 Å². The molecule has 0 spiro atoms. The van der Waals surface area contributed by atoms with Crippen molar-refractivity contribution in [1.82, 2.24) is 19.7 Å². The maximum absolute atomic E-state index is 10.9. The van der Waals surface area contributed by atoms with Gasteiger partial charge in [0.05, 0.1) is 12.5 Å². The fraction of sp³-hybridized carbons (Fsp3) is 0.727. The molecule has 0 aromatic carbocycles. The largest absolute Gasteiger partial charge is 0.481 e. The molecule has 0 radical (unpaired) electrons. The van der Waals surface area contributed by atoms with E-state index >= 15 is 0 Å². The number of aliphatic carboxylic acids is 1. The number of hydrogen-bond acceptors (Lipinski definition) is 4. The minimum atomic E-state index is -0.671. The lowest BCUT2D eigenvalue weighted by atomic mass is 9.92. The fourth-order valence-electron chi connectivity index (χ4n) is 2.31. The van der Waals surface area contributed by atoms with Gasteiger partial charge in [0.1, 0.15) is 12.2 Å². The molecular weight excluding hydrogens is 220 g/mol. The molecule has 6 heteroatoms. The van der Waals surface area contributed by atoms with E-state index in [0.717, 1.165) is 25.3 Å². The zero-order chi connectivity index (χ0) is 12.4. The second kappa shape index (κ2) is 4.83. The van der Waals surface area contributed by atoms with Crippen molar-refractivity contribution in [1.29, 1.82) is 0 Å². The van der Waals surface area contributed by atoms with Crippen molar-refractivity contribution in [3.05, 3.63) is 12.2 Å². The Bertz CT molecular complexity index is 404. The van der Waals surface area contributed by atoms with E-state index in [9.17, 15) is 4.79 Å². The van der Waals surface area contributed by atoms with E-state index in [1.165, 1.54) is 0 Å². The van der Waals surface area contributed by atoms with Gasteiger partial charge < -0.3 is 9.67 Å². The number of aryl methyl sites for hydroxylation is 1. The molecule has 17 heavy (non-hydrogen) atoms. The molecule has 1 aliphatic heterocycles. The second-order valence-corrected chi connectivity index (χ2v) is 4.74. The van der Waals surface area contributed by atoms with Crippen LogP contribution in [0.3, 0.4) is 0 Å². The first-order valence-corrected chi connectivity index (χ1v) is 5.87. The van der Waals surface area contributed by atoms with E-state index in [2.05, 4.69) is 22.0 Å². The second-order valence-electron chi connectivity index (χ2n) is 4.74. The summed E-state index contributed by atoms with van der Waals surface area (Å²) < 4.78 is 1.90. The average molecular weight is 238 g/mol. The Morgan fingerprint density at radius 3 is 2.94 bits per heavy atom. The molecule has 1 N–H and O–H groups in total. The van der Waals surface area contributed by atoms with Gasteiger partial charge in [-0.2, -0.15) is 0 Å². The molecular formula is C11H18N4O2.